The molecule has 1 aliphatic heterocycles. The Kier molecular flexibility index (Phi) is 3.90. The molecule has 0 bridgehead atoms. The van der Waals surface area contributed by atoms with Crippen molar-refractivity contribution in [3.05, 3.63) is 41.0 Å². The Balaban J connectivity index is 1.90. The lowest BCUT2D eigenvalue weighted by molar-refractivity contribution is 0.456. The minimum absolute atomic E-state index is 0.334. The second kappa shape index (κ2) is 6.07. The van der Waals surface area contributed by atoms with Crippen LogP contribution in [0.1, 0.15) is 12.5 Å². The first-order chi connectivity index (χ1) is 11.6. The Morgan fingerprint density at radius 1 is 1.38 bits per heavy atom. The zero-order chi connectivity index (χ0) is 16.7. The summed E-state index contributed by atoms with van der Waals surface area (Å²) in [5.41, 5.74) is 4.20. The topological polar surface area (TPSA) is 54.2 Å². The summed E-state index contributed by atoms with van der Waals surface area (Å²) in [4.78, 5) is 11.4. The van der Waals surface area contributed by atoms with E-state index in [0.29, 0.717) is 17.1 Å². The van der Waals surface area contributed by atoms with Crippen LogP contribution in [0.3, 0.4) is 0 Å². The Labute approximate surface area is 145 Å². The molecule has 2 aromatic heterocycles. The van der Waals surface area contributed by atoms with E-state index >= 15 is 0 Å². The number of halogens is 1. The number of piperazine rings is 1. The van der Waals surface area contributed by atoms with Crippen molar-refractivity contribution in [1.82, 2.24) is 15.3 Å². The summed E-state index contributed by atoms with van der Waals surface area (Å²) < 4.78 is 6.19. The third kappa shape index (κ3) is 2.54. The Hall–Kier alpha value is -2.11. The molecule has 0 amide bonds. The molecule has 1 aliphatic rings. The average Bonchev–Trinajstić information content (AvgIpc) is 3.04. The number of fused-ring (bicyclic) bond motifs is 1. The molecule has 24 heavy (non-hydrogen) atoms. The number of aryl methyl sites for hydroxylation is 1. The van der Waals surface area contributed by atoms with E-state index < -0.39 is 0 Å². The van der Waals surface area contributed by atoms with E-state index in [4.69, 9.17) is 21.0 Å². The fourth-order valence-corrected chi connectivity index (χ4v) is 3.32. The van der Waals surface area contributed by atoms with Gasteiger partial charge < -0.3 is 14.6 Å². The minimum Gasteiger partial charge on any atom is -0.423 e. The molecule has 1 N–H and O–H groups in total. The molecule has 1 aromatic carbocycles. The molecule has 1 saturated heterocycles. The largest absolute Gasteiger partial charge is 0.423 e. The molecular weight excluding hydrogens is 324 g/mol. The van der Waals surface area contributed by atoms with Crippen LogP contribution in [0.2, 0.25) is 5.02 Å². The number of rotatable bonds is 2. The van der Waals surface area contributed by atoms with Gasteiger partial charge in [0.05, 0.1) is 5.69 Å². The second-order valence-corrected chi connectivity index (χ2v) is 6.57. The number of aromatic nitrogens is 2. The highest BCUT2D eigenvalue weighted by molar-refractivity contribution is 6.32. The molecule has 124 valence electrons. The van der Waals surface area contributed by atoms with Gasteiger partial charge in [-0.15, -0.1) is 0 Å². The van der Waals surface area contributed by atoms with E-state index in [9.17, 15) is 0 Å². The van der Waals surface area contributed by atoms with Crippen molar-refractivity contribution in [3.8, 4) is 11.3 Å². The summed E-state index contributed by atoms with van der Waals surface area (Å²) in [6.45, 7) is 6.86. The van der Waals surface area contributed by atoms with E-state index in [2.05, 4.69) is 22.1 Å². The molecule has 3 aromatic rings. The highest BCUT2D eigenvalue weighted by Gasteiger charge is 2.25. The monoisotopic (exact) mass is 342 g/mol. The number of nitrogens with one attached hydrogen (secondary N) is 1. The summed E-state index contributed by atoms with van der Waals surface area (Å²) in [5, 5.41) is 4.06. The maximum Gasteiger partial charge on any atom is 0.298 e. The van der Waals surface area contributed by atoms with Gasteiger partial charge in [-0.25, -0.2) is 0 Å². The standard InChI is InChI=1S/C18H19ClN4O/c1-11-10-20-7-8-23(11)18-22-16-12(2)14(19)9-13(17(16)24-18)15-5-3-4-6-21-15/h3-6,9,11,20H,7-8,10H2,1-2H3/t11-/m0/s1. The van der Waals surface area contributed by atoms with Gasteiger partial charge in [-0.1, -0.05) is 17.7 Å². The van der Waals surface area contributed by atoms with Gasteiger partial charge in [-0.2, -0.15) is 4.98 Å². The average molecular weight is 343 g/mol. The van der Waals surface area contributed by atoms with Gasteiger partial charge in [0.1, 0.15) is 5.52 Å². The Bertz CT molecular complexity index is 878. The van der Waals surface area contributed by atoms with Gasteiger partial charge in [0, 0.05) is 42.5 Å². The van der Waals surface area contributed by atoms with Crippen molar-refractivity contribution in [2.75, 3.05) is 24.5 Å². The van der Waals surface area contributed by atoms with Crippen LogP contribution in [0.15, 0.2) is 34.9 Å². The first-order valence-electron chi connectivity index (χ1n) is 8.13. The smallest absolute Gasteiger partial charge is 0.298 e. The van der Waals surface area contributed by atoms with E-state index in [-0.39, 0.29) is 0 Å². The number of oxazole rings is 1. The number of anilines is 1. The number of benzene rings is 1. The molecule has 6 heteroatoms. The molecule has 1 fully saturated rings. The second-order valence-electron chi connectivity index (χ2n) is 6.17. The summed E-state index contributed by atoms with van der Waals surface area (Å²) >= 11 is 6.43. The fraction of sp³-hybridized carbons (Fsp3) is 0.333. The number of hydrogen-bond donors (Lipinski definition) is 1. The van der Waals surface area contributed by atoms with Crippen molar-refractivity contribution in [2.24, 2.45) is 0 Å². The van der Waals surface area contributed by atoms with Gasteiger partial charge >= 0.3 is 0 Å². The van der Waals surface area contributed by atoms with Gasteiger partial charge in [0.25, 0.3) is 6.01 Å². The van der Waals surface area contributed by atoms with Crippen LogP contribution in [-0.4, -0.2) is 35.6 Å². The van der Waals surface area contributed by atoms with Gasteiger partial charge in [-0.05, 0) is 37.6 Å². The lowest BCUT2D eigenvalue weighted by atomic mass is 10.1. The maximum atomic E-state index is 6.43. The third-order valence-electron chi connectivity index (χ3n) is 4.53. The van der Waals surface area contributed by atoms with E-state index in [1.165, 1.54) is 0 Å². The Morgan fingerprint density at radius 2 is 2.25 bits per heavy atom. The molecule has 0 saturated carbocycles. The zero-order valence-electron chi connectivity index (χ0n) is 13.7. The summed E-state index contributed by atoms with van der Waals surface area (Å²) in [6.07, 6.45) is 1.77. The van der Waals surface area contributed by atoms with Gasteiger partial charge in [0.15, 0.2) is 5.58 Å². The Morgan fingerprint density at radius 3 is 3.00 bits per heavy atom. The molecule has 0 aliphatic carbocycles. The number of nitrogens with zero attached hydrogens (tertiary/aromatic N) is 3. The SMILES string of the molecule is Cc1c(Cl)cc(-c2ccccn2)c2oc(N3CCNC[C@@H]3C)nc12. The van der Waals surface area contributed by atoms with Gasteiger partial charge in [0.2, 0.25) is 0 Å². The van der Waals surface area contributed by atoms with Crippen molar-refractivity contribution in [1.29, 1.82) is 0 Å². The van der Waals surface area contributed by atoms with Crippen molar-refractivity contribution < 1.29 is 4.42 Å². The molecule has 5 nitrogen and oxygen atoms in total. The normalized spacial score (nSPS) is 18.3. The molecule has 3 heterocycles. The highest BCUT2D eigenvalue weighted by Crippen LogP contribution is 2.37. The van der Waals surface area contributed by atoms with Crippen LogP contribution in [0.5, 0.6) is 0 Å². The summed E-state index contributed by atoms with van der Waals surface area (Å²) in [6, 6.07) is 8.71. The molecule has 1 atom stereocenters. The van der Waals surface area contributed by atoms with Crippen LogP contribution < -0.4 is 10.2 Å². The van der Waals surface area contributed by atoms with E-state index in [1.54, 1.807) is 6.20 Å². The van der Waals surface area contributed by atoms with Crippen LogP contribution in [0, 0.1) is 6.92 Å². The van der Waals surface area contributed by atoms with E-state index in [0.717, 1.165) is 47.6 Å². The quantitative estimate of drug-likeness (QED) is 0.770. The van der Waals surface area contributed by atoms with Crippen LogP contribution >= 0.6 is 11.6 Å². The number of pyridine rings is 1. The van der Waals surface area contributed by atoms with Crippen LogP contribution in [0.25, 0.3) is 22.4 Å². The molecular formula is C18H19ClN4O. The molecule has 0 spiro atoms. The lowest BCUT2D eigenvalue weighted by Crippen LogP contribution is -2.50. The van der Waals surface area contributed by atoms with Crippen LogP contribution in [0.4, 0.5) is 6.01 Å². The number of hydrogen-bond acceptors (Lipinski definition) is 5. The predicted octanol–water partition coefficient (Wildman–Crippen LogP) is 3.65. The lowest BCUT2D eigenvalue weighted by Gasteiger charge is -2.32. The maximum absolute atomic E-state index is 6.43. The minimum atomic E-state index is 0.334. The summed E-state index contributed by atoms with van der Waals surface area (Å²) in [7, 11) is 0. The van der Waals surface area contributed by atoms with Crippen molar-refractivity contribution in [3.63, 3.8) is 0 Å². The first kappa shape index (κ1) is 15.4. The van der Waals surface area contributed by atoms with Crippen molar-refractivity contribution in [2.45, 2.75) is 19.9 Å². The predicted molar refractivity (Wildman–Crippen MR) is 96.7 cm³/mol. The van der Waals surface area contributed by atoms with Crippen LogP contribution in [-0.2, 0) is 0 Å². The molecule has 4 rings (SSSR count). The zero-order valence-corrected chi connectivity index (χ0v) is 14.5. The third-order valence-corrected chi connectivity index (χ3v) is 4.93. The van der Waals surface area contributed by atoms with E-state index in [1.807, 2.05) is 31.2 Å². The fourth-order valence-electron chi connectivity index (χ4n) is 3.12. The van der Waals surface area contributed by atoms with Gasteiger partial charge in [-0.3, -0.25) is 4.98 Å². The van der Waals surface area contributed by atoms with Crippen molar-refractivity contribution >= 4 is 28.7 Å². The summed E-state index contributed by atoms with van der Waals surface area (Å²) in [5.74, 6) is 0. The highest BCUT2D eigenvalue weighted by atomic mass is 35.5. The molecule has 0 unspecified atom stereocenters. The first-order valence-corrected chi connectivity index (χ1v) is 8.51. The molecule has 0 radical (unpaired) electrons.